The van der Waals surface area contributed by atoms with Crippen molar-refractivity contribution < 1.29 is 19.8 Å². The van der Waals surface area contributed by atoms with E-state index in [2.05, 4.69) is 5.32 Å². The molecule has 3 atom stereocenters. The van der Waals surface area contributed by atoms with Gasteiger partial charge in [0.1, 0.15) is 6.04 Å². The van der Waals surface area contributed by atoms with Gasteiger partial charge in [-0.25, -0.2) is 4.79 Å². The molecule has 0 aromatic rings. The van der Waals surface area contributed by atoms with Crippen LogP contribution in [0.15, 0.2) is 0 Å². The summed E-state index contributed by atoms with van der Waals surface area (Å²) in [5.74, 6) is -0.374. The first-order valence-corrected chi connectivity index (χ1v) is 6.92. The minimum absolute atomic E-state index is 0.217. The summed E-state index contributed by atoms with van der Waals surface area (Å²) in [5.41, 5.74) is 0. The van der Waals surface area contributed by atoms with E-state index in [0.717, 1.165) is 25.7 Å². The van der Waals surface area contributed by atoms with Crippen molar-refractivity contribution >= 4 is 24.1 Å². The van der Waals surface area contributed by atoms with Gasteiger partial charge >= 0.3 is 5.97 Å². The van der Waals surface area contributed by atoms with E-state index in [1.807, 2.05) is 0 Å². The van der Waals surface area contributed by atoms with Crippen molar-refractivity contribution in [2.45, 2.75) is 49.5 Å². The summed E-state index contributed by atoms with van der Waals surface area (Å²) >= 11 is 1.61. The third-order valence-electron chi connectivity index (χ3n) is 2.97. The summed E-state index contributed by atoms with van der Waals surface area (Å²) in [7, 11) is 0. The molecule has 1 amide bonds. The van der Waals surface area contributed by atoms with E-state index >= 15 is 0 Å². The highest BCUT2D eigenvalue weighted by atomic mass is 32.2. The van der Waals surface area contributed by atoms with E-state index in [9.17, 15) is 14.7 Å². The smallest absolute Gasteiger partial charge is 0.326 e. The standard InChI is InChI=1S/C11H19NO4S/c13-7-12-8(11(15)16)5-6-17-10-4-2-1-3-9(10)14/h7-10,14H,1-6H2,(H,12,13)(H,15,16). The van der Waals surface area contributed by atoms with Crippen molar-refractivity contribution in [3.8, 4) is 0 Å². The number of rotatable bonds is 7. The zero-order valence-corrected chi connectivity index (χ0v) is 10.5. The molecule has 1 rings (SSSR count). The molecule has 3 N–H and O–H groups in total. The lowest BCUT2D eigenvalue weighted by Crippen LogP contribution is -2.36. The van der Waals surface area contributed by atoms with Gasteiger partial charge in [-0.1, -0.05) is 12.8 Å². The molecule has 6 heteroatoms. The van der Waals surface area contributed by atoms with Gasteiger partial charge in [-0.2, -0.15) is 11.8 Å². The Bertz CT molecular complexity index is 262. The molecule has 0 aliphatic heterocycles. The first-order valence-electron chi connectivity index (χ1n) is 5.87. The monoisotopic (exact) mass is 261 g/mol. The van der Waals surface area contributed by atoms with Crippen LogP contribution in [0.2, 0.25) is 0 Å². The maximum Gasteiger partial charge on any atom is 0.326 e. The highest BCUT2D eigenvalue weighted by Crippen LogP contribution is 2.29. The van der Waals surface area contributed by atoms with E-state index < -0.39 is 12.0 Å². The number of carbonyl (C=O) groups excluding carboxylic acids is 1. The molecule has 0 bridgehead atoms. The van der Waals surface area contributed by atoms with Gasteiger partial charge in [-0.3, -0.25) is 4.79 Å². The van der Waals surface area contributed by atoms with E-state index in [4.69, 9.17) is 5.11 Å². The van der Waals surface area contributed by atoms with E-state index in [-0.39, 0.29) is 11.4 Å². The molecule has 17 heavy (non-hydrogen) atoms. The number of aliphatic hydroxyl groups excluding tert-OH is 1. The minimum Gasteiger partial charge on any atom is -0.480 e. The van der Waals surface area contributed by atoms with Crippen LogP contribution < -0.4 is 5.32 Å². The third-order valence-corrected chi connectivity index (χ3v) is 4.42. The average molecular weight is 261 g/mol. The zero-order valence-electron chi connectivity index (χ0n) is 9.67. The van der Waals surface area contributed by atoms with Gasteiger partial charge in [-0.05, 0) is 25.0 Å². The van der Waals surface area contributed by atoms with Crippen LogP contribution >= 0.6 is 11.8 Å². The van der Waals surface area contributed by atoms with Gasteiger partial charge in [0, 0.05) is 5.25 Å². The fourth-order valence-corrected chi connectivity index (χ4v) is 3.34. The average Bonchev–Trinajstić information content (AvgIpc) is 2.30. The second-order valence-electron chi connectivity index (χ2n) is 4.23. The molecule has 0 aromatic carbocycles. The highest BCUT2D eigenvalue weighted by molar-refractivity contribution is 7.99. The second kappa shape index (κ2) is 7.55. The van der Waals surface area contributed by atoms with Crippen molar-refractivity contribution in [3.63, 3.8) is 0 Å². The molecular weight excluding hydrogens is 242 g/mol. The first-order chi connectivity index (χ1) is 8.15. The predicted molar refractivity (Wildman–Crippen MR) is 66.0 cm³/mol. The number of aliphatic carboxylic acids is 1. The number of amides is 1. The Hall–Kier alpha value is -0.750. The Balaban J connectivity index is 2.25. The summed E-state index contributed by atoms with van der Waals surface area (Å²) < 4.78 is 0. The maximum atomic E-state index is 10.8. The summed E-state index contributed by atoms with van der Waals surface area (Å²) in [4.78, 5) is 21.0. The number of carboxylic acids is 1. The van der Waals surface area contributed by atoms with Gasteiger partial charge in [0.15, 0.2) is 0 Å². The fraction of sp³-hybridized carbons (Fsp3) is 0.818. The molecule has 0 aromatic heterocycles. The van der Waals surface area contributed by atoms with E-state index in [1.54, 1.807) is 11.8 Å². The number of thioether (sulfide) groups is 1. The van der Waals surface area contributed by atoms with Crippen LogP contribution in [0.25, 0.3) is 0 Å². The van der Waals surface area contributed by atoms with Crippen LogP contribution in [0.5, 0.6) is 0 Å². The van der Waals surface area contributed by atoms with Crippen LogP contribution in [0.3, 0.4) is 0 Å². The van der Waals surface area contributed by atoms with Crippen molar-refractivity contribution in [1.29, 1.82) is 0 Å². The number of hydrogen-bond donors (Lipinski definition) is 3. The molecule has 0 radical (unpaired) electrons. The Morgan fingerprint density at radius 3 is 2.76 bits per heavy atom. The molecule has 1 fully saturated rings. The fourth-order valence-electron chi connectivity index (χ4n) is 1.97. The zero-order chi connectivity index (χ0) is 12.7. The quantitative estimate of drug-likeness (QED) is 0.585. The molecule has 1 aliphatic rings. The van der Waals surface area contributed by atoms with Crippen molar-refractivity contribution in [1.82, 2.24) is 5.32 Å². The largest absolute Gasteiger partial charge is 0.480 e. The molecule has 0 heterocycles. The van der Waals surface area contributed by atoms with Crippen molar-refractivity contribution in [2.24, 2.45) is 0 Å². The van der Waals surface area contributed by atoms with Gasteiger partial charge in [0.2, 0.25) is 6.41 Å². The van der Waals surface area contributed by atoms with Gasteiger partial charge in [-0.15, -0.1) is 0 Å². The summed E-state index contributed by atoms with van der Waals surface area (Å²) in [6, 6.07) is -0.819. The number of carboxylic acid groups (broad SMARTS) is 1. The molecule has 0 saturated heterocycles. The van der Waals surface area contributed by atoms with Crippen LogP contribution in [-0.4, -0.2) is 45.7 Å². The molecule has 98 valence electrons. The number of aliphatic hydroxyl groups is 1. The number of nitrogens with one attached hydrogen (secondary N) is 1. The highest BCUT2D eigenvalue weighted by Gasteiger charge is 2.24. The topological polar surface area (TPSA) is 86.6 Å². The van der Waals surface area contributed by atoms with Gasteiger partial charge < -0.3 is 15.5 Å². The first kappa shape index (κ1) is 14.3. The summed E-state index contributed by atoms with van der Waals surface area (Å²) in [5, 5.41) is 21.0. The Kier molecular flexibility index (Phi) is 6.36. The normalized spacial score (nSPS) is 26.2. The second-order valence-corrected chi connectivity index (χ2v) is 5.57. The third kappa shape index (κ3) is 4.95. The summed E-state index contributed by atoms with van der Waals surface area (Å²) in [6.07, 6.45) is 4.57. The summed E-state index contributed by atoms with van der Waals surface area (Å²) in [6.45, 7) is 0. The van der Waals surface area contributed by atoms with Crippen molar-refractivity contribution in [2.75, 3.05) is 5.75 Å². The maximum absolute atomic E-state index is 10.8. The lowest BCUT2D eigenvalue weighted by Gasteiger charge is -2.27. The number of carbonyl (C=O) groups is 2. The van der Waals surface area contributed by atoms with E-state index in [1.165, 1.54) is 0 Å². The molecule has 1 aliphatic carbocycles. The molecule has 3 unspecified atom stereocenters. The lowest BCUT2D eigenvalue weighted by atomic mass is 9.97. The molecule has 1 saturated carbocycles. The Morgan fingerprint density at radius 1 is 1.47 bits per heavy atom. The Morgan fingerprint density at radius 2 is 2.18 bits per heavy atom. The van der Waals surface area contributed by atoms with Gasteiger partial charge in [0.05, 0.1) is 6.10 Å². The van der Waals surface area contributed by atoms with Gasteiger partial charge in [0.25, 0.3) is 0 Å². The Labute approximate surface area is 105 Å². The van der Waals surface area contributed by atoms with Crippen LogP contribution in [-0.2, 0) is 9.59 Å². The molecule has 5 nitrogen and oxygen atoms in total. The predicted octanol–water partition coefficient (Wildman–Crippen LogP) is 0.612. The van der Waals surface area contributed by atoms with E-state index in [0.29, 0.717) is 18.6 Å². The van der Waals surface area contributed by atoms with Crippen LogP contribution in [0, 0.1) is 0 Å². The van der Waals surface area contributed by atoms with Crippen LogP contribution in [0.4, 0.5) is 0 Å². The van der Waals surface area contributed by atoms with Crippen molar-refractivity contribution in [3.05, 3.63) is 0 Å². The lowest BCUT2D eigenvalue weighted by molar-refractivity contribution is -0.140. The number of hydrogen-bond acceptors (Lipinski definition) is 4. The SMILES string of the molecule is O=CNC(CCSC1CCCCC1O)C(=O)O. The molecular formula is C11H19NO4S. The minimum atomic E-state index is -1.01. The van der Waals surface area contributed by atoms with Crippen LogP contribution in [0.1, 0.15) is 32.1 Å². The molecule has 0 spiro atoms.